The smallest absolute Gasteiger partial charge is 0.133 e. The first-order valence-electron chi connectivity index (χ1n) is 5.88. The lowest BCUT2D eigenvalue weighted by Crippen LogP contribution is -2.00. The molecule has 2 nitrogen and oxygen atoms in total. The van der Waals surface area contributed by atoms with Crippen molar-refractivity contribution in [3.63, 3.8) is 0 Å². The maximum atomic E-state index is 6.57. The van der Waals surface area contributed by atoms with Crippen molar-refractivity contribution in [1.29, 1.82) is 0 Å². The highest BCUT2D eigenvalue weighted by molar-refractivity contribution is 9.10. The molecule has 1 unspecified atom stereocenters. The lowest BCUT2D eigenvalue weighted by atomic mass is 10.0. The fourth-order valence-electron chi connectivity index (χ4n) is 1.93. The first-order chi connectivity index (χ1) is 9.58. The summed E-state index contributed by atoms with van der Waals surface area (Å²) in [6, 6.07) is 11.2. The van der Waals surface area contributed by atoms with Crippen molar-refractivity contribution < 1.29 is 9.47 Å². The van der Waals surface area contributed by atoms with Gasteiger partial charge in [-0.3, -0.25) is 0 Å². The molecule has 0 aromatic heterocycles. The van der Waals surface area contributed by atoms with Crippen LogP contribution in [0, 0.1) is 0 Å². The third-order valence-corrected chi connectivity index (χ3v) is 4.39. The minimum absolute atomic E-state index is 0.416. The number of hydrogen-bond acceptors (Lipinski definition) is 2. The molecule has 2 rings (SSSR count). The molecule has 1 atom stereocenters. The second kappa shape index (κ2) is 6.70. The van der Waals surface area contributed by atoms with Gasteiger partial charge in [-0.15, -0.1) is 11.6 Å². The van der Waals surface area contributed by atoms with Gasteiger partial charge in [-0.2, -0.15) is 0 Å². The molecule has 0 aliphatic rings. The van der Waals surface area contributed by atoms with Crippen LogP contribution in [0.15, 0.2) is 40.9 Å². The summed E-state index contributed by atoms with van der Waals surface area (Å²) in [5.41, 5.74) is 1.64. The van der Waals surface area contributed by atoms with Crippen molar-refractivity contribution in [3.8, 4) is 11.5 Å². The predicted octanol–water partition coefficient (Wildman–Crippen LogP) is 5.45. The molecule has 0 fully saturated rings. The Morgan fingerprint density at radius 3 is 2.25 bits per heavy atom. The summed E-state index contributed by atoms with van der Waals surface area (Å²) in [4.78, 5) is 0. The van der Waals surface area contributed by atoms with Crippen LogP contribution < -0.4 is 9.47 Å². The van der Waals surface area contributed by atoms with Crippen LogP contribution >= 0.6 is 39.1 Å². The van der Waals surface area contributed by atoms with Crippen molar-refractivity contribution >= 4 is 39.1 Å². The van der Waals surface area contributed by atoms with Crippen molar-refractivity contribution in [2.75, 3.05) is 14.2 Å². The Morgan fingerprint density at radius 1 is 1.00 bits per heavy atom. The highest BCUT2D eigenvalue weighted by atomic mass is 79.9. The van der Waals surface area contributed by atoms with E-state index in [9.17, 15) is 0 Å². The highest BCUT2D eigenvalue weighted by Gasteiger charge is 2.20. The average Bonchev–Trinajstić information content (AvgIpc) is 2.46. The van der Waals surface area contributed by atoms with E-state index in [1.807, 2.05) is 36.4 Å². The van der Waals surface area contributed by atoms with E-state index in [0.29, 0.717) is 16.5 Å². The number of alkyl halides is 1. The van der Waals surface area contributed by atoms with Gasteiger partial charge < -0.3 is 9.47 Å². The van der Waals surface area contributed by atoms with E-state index in [1.54, 1.807) is 14.2 Å². The van der Waals surface area contributed by atoms with Crippen LogP contribution in [0.5, 0.6) is 11.5 Å². The molecule has 0 N–H and O–H groups in total. The van der Waals surface area contributed by atoms with Crippen LogP contribution in [0.2, 0.25) is 5.02 Å². The third-order valence-electron chi connectivity index (χ3n) is 2.96. The highest BCUT2D eigenvalue weighted by Crippen LogP contribution is 2.42. The molecule has 5 heteroatoms. The second-order valence-electron chi connectivity index (χ2n) is 4.11. The van der Waals surface area contributed by atoms with E-state index in [-0.39, 0.29) is 0 Å². The Morgan fingerprint density at radius 2 is 1.65 bits per heavy atom. The Labute approximate surface area is 136 Å². The Hall–Kier alpha value is -0.900. The number of hydrogen-bond donors (Lipinski definition) is 0. The van der Waals surface area contributed by atoms with Gasteiger partial charge in [0.25, 0.3) is 0 Å². The number of methoxy groups -OCH3 is 2. The summed E-state index contributed by atoms with van der Waals surface area (Å²) < 4.78 is 11.5. The van der Waals surface area contributed by atoms with E-state index in [0.717, 1.165) is 15.6 Å². The molecule has 106 valence electrons. The monoisotopic (exact) mass is 374 g/mol. The summed E-state index contributed by atoms with van der Waals surface area (Å²) in [6.07, 6.45) is 0. The van der Waals surface area contributed by atoms with E-state index in [4.69, 9.17) is 32.7 Å². The summed E-state index contributed by atoms with van der Waals surface area (Å²) in [5, 5.41) is 0.206. The summed E-state index contributed by atoms with van der Waals surface area (Å²) in [6.45, 7) is 0. The average molecular weight is 376 g/mol. The maximum Gasteiger partial charge on any atom is 0.133 e. The number of rotatable bonds is 4. The molecule has 0 saturated carbocycles. The fourth-order valence-corrected chi connectivity index (χ4v) is 3.08. The second-order valence-corrected chi connectivity index (χ2v) is 5.81. The van der Waals surface area contributed by atoms with E-state index in [1.165, 1.54) is 0 Å². The molecule has 0 spiro atoms. The predicted molar refractivity (Wildman–Crippen MR) is 86.4 cm³/mol. The zero-order chi connectivity index (χ0) is 14.7. The van der Waals surface area contributed by atoms with E-state index in [2.05, 4.69) is 15.9 Å². The van der Waals surface area contributed by atoms with Crippen LogP contribution in [0.25, 0.3) is 0 Å². The van der Waals surface area contributed by atoms with Gasteiger partial charge in [0.15, 0.2) is 0 Å². The van der Waals surface area contributed by atoms with Gasteiger partial charge in [-0.1, -0.05) is 29.8 Å². The molecule has 2 aromatic carbocycles. The maximum absolute atomic E-state index is 6.57. The van der Waals surface area contributed by atoms with Crippen LogP contribution in [-0.2, 0) is 0 Å². The molecule has 0 amide bonds. The van der Waals surface area contributed by atoms with Crippen molar-refractivity contribution in [1.82, 2.24) is 0 Å². The molecule has 0 heterocycles. The van der Waals surface area contributed by atoms with Crippen molar-refractivity contribution in [3.05, 3.63) is 57.0 Å². The molecule has 0 aliphatic heterocycles. The zero-order valence-electron chi connectivity index (χ0n) is 11.0. The van der Waals surface area contributed by atoms with Gasteiger partial charge >= 0.3 is 0 Å². The summed E-state index contributed by atoms with van der Waals surface area (Å²) >= 11 is 16.2. The van der Waals surface area contributed by atoms with Gasteiger partial charge in [0.2, 0.25) is 0 Å². The first kappa shape index (κ1) is 15.5. The Balaban J connectivity index is 2.53. The van der Waals surface area contributed by atoms with E-state index < -0.39 is 5.38 Å². The normalized spacial score (nSPS) is 12.1. The standard InChI is InChI=1S/C15H13BrCl2O2/c1-19-13-8-11(16)14(20-2)7-10(13)15(18)9-5-3-4-6-12(9)17/h3-8,15H,1-2H3. The molecule has 0 bridgehead atoms. The molecule has 0 saturated heterocycles. The van der Waals surface area contributed by atoms with Crippen molar-refractivity contribution in [2.45, 2.75) is 5.38 Å². The van der Waals surface area contributed by atoms with Crippen LogP contribution in [0.4, 0.5) is 0 Å². The Kier molecular flexibility index (Phi) is 5.19. The van der Waals surface area contributed by atoms with Gasteiger partial charge in [-0.25, -0.2) is 0 Å². The first-order valence-corrected chi connectivity index (χ1v) is 7.49. The third kappa shape index (κ3) is 3.05. The number of halogens is 3. The molecule has 2 aromatic rings. The van der Waals surface area contributed by atoms with Crippen LogP contribution in [0.1, 0.15) is 16.5 Å². The lowest BCUT2D eigenvalue weighted by molar-refractivity contribution is 0.397. The molecular formula is C15H13BrCl2O2. The minimum Gasteiger partial charge on any atom is -0.496 e. The van der Waals surface area contributed by atoms with Gasteiger partial charge in [-0.05, 0) is 39.7 Å². The minimum atomic E-state index is -0.416. The topological polar surface area (TPSA) is 18.5 Å². The van der Waals surface area contributed by atoms with Gasteiger partial charge in [0, 0.05) is 10.6 Å². The van der Waals surface area contributed by atoms with Crippen LogP contribution in [0.3, 0.4) is 0 Å². The van der Waals surface area contributed by atoms with Gasteiger partial charge in [0.1, 0.15) is 11.5 Å². The van der Waals surface area contributed by atoms with Crippen LogP contribution in [-0.4, -0.2) is 14.2 Å². The Bertz CT molecular complexity index is 617. The quantitative estimate of drug-likeness (QED) is 0.661. The molecular weight excluding hydrogens is 363 g/mol. The fraction of sp³-hybridized carbons (Fsp3) is 0.200. The molecule has 20 heavy (non-hydrogen) atoms. The number of ether oxygens (including phenoxy) is 2. The summed E-state index contributed by atoms with van der Waals surface area (Å²) in [7, 11) is 3.21. The lowest BCUT2D eigenvalue weighted by Gasteiger charge is -2.17. The van der Waals surface area contributed by atoms with Gasteiger partial charge in [0.05, 0.1) is 24.1 Å². The summed E-state index contributed by atoms with van der Waals surface area (Å²) in [5.74, 6) is 1.37. The number of benzene rings is 2. The SMILES string of the molecule is COc1cc(C(Cl)c2ccccc2Cl)c(OC)cc1Br. The van der Waals surface area contributed by atoms with E-state index >= 15 is 0 Å². The zero-order valence-corrected chi connectivity index (χ0v) is 14.1. The molecule has 0 aliphatic carbocycles. The largest absolute Gasteiger partial charge is 0.496 e. The molecule has 0 radical (unpaired) electrons. The van der Waals surface area contributed by atoms with Crippen molar-refractivity contribution in [2.24, 2.45) is 0 Å².